The van der Waals surface area contributed by atoms with Gasteiger partial charge < -0.3 is 10.2 Å². The van der Waals surface area contributed by atoms with Gasteiger partial charge in [0.1, 0.15) is 6.04 Å². The minimum atomic E-state index is -0.324. The summed E-state index contributed by atoms with van der Waals surface area (Å²) in [7, 11) is 0. The Bertz CT molecular complexity index is 405. The number of thiazole rings is 1. The lowest BCUT2D eigenvalue weighted by molar-refractivity contribution is -0.145. The van der Waals surface area contributed by atoms with Gasteiger partial charge in [0.2, 0.25) is 11.8 Å². The molecule has 92 valence electrons. The maximum absolute atomic E-state index is 11.8. The van der Waals surface area contributed by atoms with Crippen LogP contribution in [-0.4, -0.2) is 40.8 Å². The molecule has 1 aromatic heterocycles. The summed E-state index contributed by atoms with van der Waals surface area (Å²) in [6.45, 7) is 2.60. The topological polar surface area (TPSA) is 62.3 Å². The van der Waals surface area contributed by atoms with E-state index in [1.165, 1.54) is 0 Å². The minimum Gasteiger partial charge on any atom is -0.345 e. The summed E-state index contributed by atoms with van der Waals surface area (Å²) in [6, 6.07) is -0.324. The molecule has 1 atom stereocenters. The summed E-state index contributed by atoms with van der Waals surface area (Å²) >= 11 is 1.54. The Morgan fingerprint density at radius 3 is 3.06 bits per heavy atom. The Hall–Kier alpha value is -1.43. The molecule has 2 amide bonds. The molecule has 2 heterocycles. The van der Waals surface area contributed by atoms with Crippen molar-refractivity contribution in [2.24, 2.45) is 0 Å². The molecule has 1 fully saturated rings. The zero-order valence-electron chi connectivity index (χ0n) is 9.68. The molecular formula is C11H15N3O2S. The Balaban J connectivity index is 2.00. The van der Waals surface area contributed by atoms with Gasteiger partial charge in [0.15, 0.2) is 0 Å². The maximum Gasteiger partial charge on any atom is 0.243 e. The zero-order chi connectivity index (χ0) is 12.3. The summed E-state index contributed by atoms with van der Waals surface area (Å²) in [5.74, 6) is -0.0583. The van der Waals surface area contributed by atoms with Crippen molar-refractivity contribution in [3.8, 4) is 0 Å². The van der Waals surface area contributed by atoms with E-state index in [1.807, 2.05) is 12.3 Å². The molecule has 1 saturated heterocycles. The van der Waals surface area contributed by atoms with Gasteiger partial charge in [-0.15, -0.1) is 11.3 Å². The summed E-state index contributed by atoms with van der Waals surface area (Å²) in [5, 5.41) is 4.58. The normalized spacial score (nSPS) is 20.5. The number of nitrogens with one attached hydrogen (secondary N) is 1. The maximum atomic E-state index is 11.8. The van der Waals surface area contributed by atoms with E-state index in [0.717, 1.165) is 5.69 Å². The number of piperazine rings is 1. The summed E-state index contributed by atoms with van der Waals surface area (Å²) < 4.78 is 0. The first-order valence-electron chi connectivity index (χ1n) is 5.66. The third-order valence-corrected chi connectivity index (χ3v) is 3.53. The Kier molecular flexibility index (Phi) is 3.73. The van der Waals surface area contributed by atoms with Crippen molar-refractivity contribution < 1.29 is 9.59 Å². The van der Waals surface area contributed by atoms with Crippen LogP contribution < -0.4 is 5.32 Å². The predicted octanol–water partition coefficient (Wildman–Crippen LogP) is 0.423. The van der Waals surface area contributed by atoms with E-state index >= 15 is 0 Å². The SMILES string of the molecule is CCC1C(=O)NCC(=O)N1CCc1cscn1. The summed E-state index contributed by atoms with van der Waals surface area (Å²) in [4.78, 5) is 29.2. The van der Waals surface area contributed by atoms with Crippen LogP contribution in [0.25, 0.3) is 0 Å². The van der Waals surface area contributed by atoms with Crippen LogP contribution in [0.5, 0.6) is 0 Å². The molecule has 2 rings (SSSR count). The highest BCUT2D eigenvalue weighted by Gasteiger charge is 2.32. The first kappa shape index (κ1) is 12.0. The molecule has 0 aliphatic carbocycles. The highest BCUT2D eigenvalue weighted by Crippen LogP contribution is 2.11. The number of hydrogen-bond donors (Lipinski definition) is 1. The monoisotopic (exact) mass is 253 g/mol. The zero-order valence-corrected chi connectivity index (χ0v) is 10.5. The fraction of sp³-hybridized carbons (Fsp3) is 0.545. The summed E-state index contributed by atoms with van der Waals surface area (Å²) in [6.07, 6.45) is 1.35. The smallest absolute Gasteiger partial charge is 0.243 e. The van der Waals surface area contributed by atoms with Crippen LogP contribution in [0.2, 0.25) is 0 Å². The molecule has 0 saturated carbocycles. The van der Waals surface area contributed by atoms with Gasteiger partial charge in [-0.25, -0.2) is 4.98 Å². The van der Waals surface area contributed by atoms with Crippen molar-refractivity contribution in [3.05, 3.63) is 16.6 Å². The second kappa shape index (κ2) is 5.27. The van der Waals surface area contributed by atoms with Crippen molar-refractivity contribution in [2.75, 3.05) is 13.1 Å². The summed E-state index contributed by atoms with van der Waals surface area (Å²) in [5.41, 5.74) is 2.75. The van der Waals surface area contributed by atoms with Crippen LogP contribution in [0, 0.1) is 0 Å². The van der Waals surface area contributed by atoms with Crippen LogP contribution in [0.1, 0.15) is 19.0 Å². The molecule has 0 spiro atoms. The molecule has 1 N–H and O–H groups in total. The van der Waals surface area contributed by atoms with Crippen LogP contribution in [0.15, 0.2) is 10.9 Å². The van der Waals surface area contributed by atoms with Crippen LogP contribution in [0.3, 0.4) is 0 Å². The Morgan fingerprint density at radius 1 is 1.59 bits per heavy atom. The van der Waals surface area contributed by atoms with E-state index in [9.17, 15) is 9.59 Å². The van der Waals surface area contributed by atoms with Gasteiger partial charge in [0.25, 0.3) is 0 Å². The number of nitrogens with zero attached hydrogens (tertiary/aromatic N) is 2. The molecule has 17 heavy (non-hydrogen) atoms. The molecule has 1 aliphatic heterocycles. The molecule has 0 bridgehead atoms. The Labute approximate surface area is 104 Å². The molecule has 5 nitrogen and oxygen atoms in total. The van der Waals surface area contributed by atoms with Crippen LogP contribution in [0.4, 0.5) is 0 Å². The molecule has 1 aliphatic rings. The number of hydrogen-bond acceptors (Lipinski definition) is 4. The lowest BCUT2D eigenvalue weighted by Gasteiger charge is -2.34. The minimum absolute atomic E-state index is 0.00770. The Morgan fingerprint density at radius 2 is 2.41 bits per heavy atom. The highest BCUT2D eigenvalue weighted by atomic mass is 32.1. The number of aromatic nitrogens is 1. The number of rotatable bonds is 4. The van der Waals surface area contributed by atoms with Gasteiger partial charge >= 0.3 is 0 Å². The molecule has 0 aromatic carbocycles. The first-order chi connectivity index (χ1) is 8.22. The van der Waals surface area contributed by atoms with E-state index in [1.54, 1.807) is 21.7 Å². The van der Waals surface area contributed by atoms with E-state index in [0.29, 0.717) is 19.4 Å². The van der Waals surface area contributed by atoms with E-state index < -0.39 is 0 Å². The standard InChI is InChI=1S/C11H15N3O2S/c1-2-9-11(16)12-5-10(15)14(9)4-3-8-6-17-7-13-8/h6-7,9H,2-5H2,1H3,(H,12,16). The quantitative estimate of drug-likeness (QED) is 0.846. The van der Waals surface area contributed by atoms with E-state index in [4.69, 9.17) is 0 Å². The number of carbonyl (C=O) groups is 2. The fourth-order valence-electron chi connectivity index (χ4n) is 1.98. The molecule has 1 unspecified atom stereocenters. The second-order valence-electron chi connectivity index (χ2n) is 3.96. The lowest BCUT2D eigenvalue weighted by atomic mass is 10.1. The van der Waals surface area contributed by atoms with E-state index in [-0.39, 0.29) is 24.4 Å². The molecule has 6 heteroatoms. The number of carbonyl (C=O) groups excluding carboxylic acids is 2. The van der Waals surface area contributed by atoms with Gasteiger partial charge in [0, 0.05) is 18.3 Å². The van der Waals surface area contributed by atoms with Gasteiger partial charge in [-0.3, -0.25) is 9.59 Å². The lowest BCUT2D eigenvalue weighted by Crippen LogP contribution is -2.58. The van der Waals surface area contributed by atoms with Crippen molar-refractivity contribution in [1.82, 2.24) is 15.2 Å². The number of amides is 2. The van der Waals surface area contributed by atoms with Crippen molar-refractivity contribution in [1.29, 1.82) is 0 Å². The molecular weight excluding hydrogens is 238 g/mol. The second-order valence-corrected chi connectivity index (χ2v) is 4.68. The third kappa shape index (κ3) is 2.63. The van der Waals surface area contributed by atoms with Gasteiger partial charge in [-0.1, -0.05) is 6.92 Å². The van der Waals surface area contributed by atoms with Crippen molar-refractivity contribution in [2.45, 2.75) is 25.8 Å². The first-order valence-corrected chi connectivity index (χ1v) is 6.61. The average Bonchev–Trinajstić information content (AvgIpc) is 2.83. The van der Waals surface area contributed by atoms with Gasteiger partial charge in [-0.2, -0.15) is 0 Å². The third-order valence-electron chi connectivity index (χ3n) is 2.89. The largest absolute Gasteiger partial charge is 0.345 e. The van der Waals surface area contributed by atoms with Crippen LogP contribution in [-0.2, 0) is 16.0 Å². The van der Waals surface area contributed by atoms with Crippen LogP contribution >= 0.6 is 11.3 Å². The molecule has 1 aromatic rings. The van der Waals surface area contributed by atoms with Crippen molar-refractivity contribution in [3.63, 3.8) is 0 Å². The fourth-order valence-corrected chi connectivity index (χ4v) is 2.57. The highest BCUT2D eigenvalue weighted by molar-refractivity contribution is 7.07. The van der Waals surface area contributed by atoms with Gasteiger partial charge in [-0.05, 0) is 6.42 Å². The molecule has 0 radical (unpaired) electrons. The van der Waals surface area contributed by atoms with Crippen molar-refractivity contribution >= 4 is 23.2 Å². The van der Waals surface area contributed by atoms with E-state index in [2.05, 4.69) is 10.3 Å². The predicted molar refractivity (Wildman–Crippen MR) is 64.6 cm³/mol. The average molecular weight is 253 g/mol. The van der Waals surface area contributed by atoms with Gasteiger partial charge in [0.05, 0.1) is 17.7 Å².